The first-order chi connectivity index (χ1) is 20.7. The Morgan fingerprint density at radius 3 is 2.41 bits per heavy atom. The summed E-state index contributed by atoms with van der Waals surface area (Å²) in [7, 11) is -3.98. The van der Waals surface area contributed by atoms with Crippen LogP contribution in [0.25, 0.3) is 11.3 Å². The number of anilines is 1. The molecule has 236 valence electrons. The van der Waals surface area contributed by atoms with Gasteiger partial charge in [0.1, 0.15) is 5.60 Å². The number of aryl methyl sites for hydroxylation is 2. The summed E-state index contributed by atoms with van der Waals surface area (Å²) in [6.45, 7) is 15.6. The number of likely N-dealkylation sites (tertiary alicyclic amines) is 1. The van der Waals surface area contributed by atoms with E-state index >= 15 is 0 Å². The van der Waals surface area contributed by atoms with E-state index in [9.17, 15) is 13.2 Å². The zero-order chi connectivity index (χ0) is 31.8. The second-order valence-corrected chi connectivity index (χ2v) is 15.3. The average Bonchev–Trinajstić information content (AvgIpc) is 2.88. The number of carbonyl (C=O) groups is 1. The second-order valence-electron chi connectivity index (χ2n) is 13.6. The van der Waals surface area contributed by atoms with E-state index in [1.807, 2.05) is 58.9 Å². The summed E-state index contributed by atoms with van der Waals surface area (Å²) in [5.74, 6) is 1.18. The summed E-state index contributed by atoms with van der Waals surface area (Å²) >= 11 is 0. The van der Waals surface area contributed by atoms with Gasteiger partial charge in [-0.3, -0.25) is 0 Å². The quantitative estimate of drug-likeness (QED) is 0.348. The third-order valence-corrected chi connectivity index (χ3v) is 9.66. The third kappa shape index (κ3) is 7.34. The van der Waals surface area contributed by atoms with Crippen LogP contribution in [0.2, 0.25) is 0 Å². The maximum Gasteiger partial charge on any atom is 0.410 e. The van der Waals surface area contributed by atoms with E-state index in [0.29, 0.717) is 43.6 Å². The number of ether oxygens (including phenoxy) is 2. The zero-order valence-corrected chi connectivity index (χ0v) is 27.6. The topological polar surface area (TPSA) is 111 Å². The molecule has 2 aromatic carbocycles. The largest absolute Gasteiger partial charge is 0.477 e. The molecular weight excluding hydrogens is 576 g/mol. The Morgan fingerprint density at radius 1 is 1.07 bits per heavy atom. The third-order valence-electron chi connectivity index (χ3n) is 8.34. The Hall–Kier alpha value is -3.66. The number of carbonyl (C=O) groups excluding carboxylic acids is 1. The van der Waals surface area contributed by atoms with Gasteiger partial charge in [0.05, 0.1) is 17.2 Å². The van der Waals surface area contributed by atoms with E-state index in [2.05, 4.69) is 28.5 Å². The second kappa shape index (κ2) is 12.4. The molecule has 9 nitrogen and oxygen atoms in total. The first kappa shape index (κ1) is 31.8. The van der Waals surface area contributed by atoms with E-state index in [1.165, 1.54) is 0 Å². The van der Waals surface area contributed by atoms with Crippen LogP contribution in [0, 0.1) is 37.5 Å². The molecular formula is C34H44N4O5S. The standard InChI is InChI=1S/C34H44N4O5S/c1-21(2)14-25-20-42-30-17-29(31-22(3)10-8-11-23(31)4)35-32(36-30)37-44(40,41)27-13-9-12-24(15-27)16-28(25)26-18-38(19-26)33(39)43-34(5,6)7/h8-13,15,17,21,25-26,28H,14,16,18-20H2,1-7H3,(H,35,36,37)/t25-,28?/m1/s1. The van der Waals surface area contributed by atoms with Crippen molar-refractivity contribution in [3.05, 3.63) is 65.2 Å². The smallest absolute Gasteiger partial charge is 0.410 e. The summed E-state index contributed by atoms with van der Waals surface area (Å²) in [5, 5.41) is 0. The number of rotatable bonds is 4. The van der Waals surface area contributed by atoms with Crippen molar-refractivity contribution in [3.8, 4) is 17.1 Å². The number of nitrogens with zero attached hydrogens (tertiary/aromatic N) is 3. The summed E-state index contributed by atoms with van der Waals surface area (Å²) in [6.07, 6.45) is 1.26. The van der Waals surface area contributed by atoms with E-state index in [-0.39, 0.29) is 34.7 Å². The highest BCUT2D eigenvalue weighted by Gasteiger charge is 2.41. The van der Waals surface area contributed by atoms with Crippen molar-refractivity contribution in [2.75, 3.05) is 24.4 Å². The van der Waals surface area contributed by atoms with E-state index in [0.717, 1.165) is 28.7 Å². The molecule has 1 unspecified atom stereocenters. The van der Waals surface area contributed by atoms with Crippen LogP contribution < -0.4 is 9.46 Å². The van der Waals surface area contributed by atoms with Crippen molar-refractivity contribution < 1.29 is 22.7 Å². The molecule has 1 aromatic heterocycles. The monoisotopic (exact) mass is 620 g/mol. The lowest BCUT2D eigenvalue weighted by Crippen LogP contribution is -2.55. The predicted octanol–water partition coefficient (Wildman–Crippen LogP) is 6.64. The van der Waals surface area contributed by atoms with Crippen LogP contribution in [0.5, 0.6) is 5.88 Å². The first-order valence-electron chi connectivity index (χ1n) is 15.4. The molecule has 2 aliphatic rings. The molecule has 1 fully saturated rings. The van der Waals surface area contributed by atoms with Crippen LogP contribution in [0.1, 0.15) is 57.7 Å². The van der Waals surface area contributed by atoms with Crippen molar-refractivity contribution >= 4 is 22.1 Å². The zero-order valence-electron chi connectivity index (χ0n) is 26.8. The molecule has 0 radical (unpaired) electrons. The van der Waals surface area contributed by atoms with Crippen LogP contribution in [-0.4, -0.2) is 54.7 Å². The molecule has 2 aliphatic heterocycles. The molecule has 4 bridgehead atoms. The number of sulfonamides is 1. The highest BCUT2D eigenvalue weighted by molar-refractivity contribution is 7.92. The minimum absolute atomic E-state index is 0.0336. The van der Waals surface area contributed by atoms with Crippen molar-refractivity contribution in [2.24, 2.45) is 23.7 Å². The molecule has 0 saturated carbocycles. The summed E-state index contributed by atoms with van der Waals surface area (Å²) < 4.78 is 41.8. The number of nitrogens with one attached hydrogen (secondary N) is 1. The van der Waals surface area contributed by atoms with Gasteiger partial charge in [0.15, 0.2) is 0 Å². The van der Waals surface area contributed by atoms with Crippen LogP contribution in [-0.2, 0) is 21.2 Å². The number of hydrogen-bond acceptors (Lipinski definition) is 7. The maximum absolute atomic E-state index is 13.6. The molecule has 0 spiro atoms. The van der Waals surface area contributed by atoms with Crippen LogP contribution in [0.15, 0.2) is 53.4 Å². The molecule has 5 rings (SSSR count). The molecule has 44 heavy (non-hydrogen) atoms. The average molecular weight is 621 g/mol. The number of fused-ring (bicyclic) bond motifs is 4. The van der Waals surface area contributed by atoms with Crippen molar-refractivity contribution in [2.45, 2.75) is 71.8 Å². The fourth-order valence-electron chi connectivity index (χ4n) is 6.32. The molecule has 3 heterocycles. The van der Waals surface area contributed by atoms with Gasteiger partial charge in [-0.2, -0.15) is 4.98 Å². The Balaban J connectivity index is 1.55. The lowest BCUT2D eigenvalue weighted by atomic mass is 9.72. The predicted molar refractivity (Wildman–Crippen MR) is 171 cm³/mol. The minimum atomic E-state index is -3.98. The Labute approximate surface area is 261 Å². The Kier molecular flexibility index (Phi) is 8.94. The summed E-state index contributed by atoms with van der Waals surface area (Å²) in [4.78, 5) is 23.8. The van der Waals surface area contributed by atoms with Gasteiger partial charge < -0.3 is 14.4 Å². The minimum Gasteiger partial charge on any atom is -0.477 e. The van der Waals surface area contributed by atoms with Crippen molar-refractivity contribution in [1.82, 2.24) is 14.9 Å². The van der Waals surface area contributed by atoms with Gasteiger partial charge in [-0.1, -0.05) is 44.2 Å². The fourth-order valence-corrected chi connectivity index (χ4v) is 7.34. The lowest BCUT2D eigenvalue weighted by Gasteiger charge is -2.46. The molecule has 1 saturated heterocycles. The number of amides is 1. The van der Waals surface area contributed by atoms with Crippen molar-refractivity contribution in [1.29, 1.82) is 0 Å². The van der Waals surface area contributed by atoms with Gasteiger partial charge in [0.25, 0.3) is 10.0 Å². The normalized spacial score (nSPS) is 20.3. The number of aromatic nitrogens is 2. The van der Waals surface area contributed by atoms with E-state index < -0.39 is 15.6 Å². The summed E-state index contributed by atoms with van der Waals surface area (Å²) in [6, 6.07) is 14.9. The molecule has 0 aliphatic carbocycles. The van der Waals surface area contributed by atoms with Crippen LogP contribution >= 0.6 is 0 Å². The van der Waals surface area contributed by atoms with Gasteiger partial charge in [-0.05, 0) is 100.0 Å². The lowest BCUT2D eigenvalue weighted by molar-refractivity contribution is -0.0221. The Morgan fingerprint density at radius 2 is 1.75 bits per heavy atom. The van der Waals surface area contributed by atoms with Gasteiger partial charge in [-0.25, -0.2) is 22.9 Å². The maximum atomic E-state index is 13.6. The fraction of sp³-hybridized carbons (Fsp3) is 0.500. The molecule has 3 aromatic rings. The molecule has 2 atom stereocenters. The highest BCUT2D eigenvalue weighted by atomic mass is 32.2. The van der Waals surface area contributed by atoms with Crippen molar-refractivity contribution in [3.63, 3.8) is 0 Å². The Bertz CT molecular complexity index is 1610. The van der Waals surface area contributed by atoms with E-state index in [4.69, 9.17) is 9.47 Å². The van der Waals surface area contributed by atoms with Crippen LogP contribution in [0.3, 0.4) is 0 Å². The summed E-state index contributed by atoms with van der Waals surface area (Å²) in [5.41, 5.74) is 3.91. The van der Waals surface area contributed by atoms with Crippen LogP contribution in [0.4, 0.5) is 10.7 Å². The SMILES string of the molecule is Cc1cccc(C)c1-c1cc2nc(n1)NS(=O)(=O)c1cccc(c1)CC(C1CN(C(=O)OC(C)(C)C)C1)[C@H](CC(C)C)CO2. The molecule has 1 amide bonds. The van der Waals surface area contributed by atoms with Gasteiger partial charge in [0, 0.05) is 24.7 Å². The highest BCUT2D eigenvalue weighted by Crippen LogP contribution is 2.38. The van der Waals surface area contributed by atoms with Gasteiger partial charge >= 0.3 is 6.09 Å². The number of benzene rings is 2. The van der Waals surface area contributed by atoms with Gasteiger partial charge in [-0.15, -0.1) is 0 Å². The molecule has 1 N–H and O–H groups in total. The van der Waals surface area contributed by atoms with Gasteiger partial charge in [0.2, 0.25) is 11.8 Å². The molecule has 10 heteroatoms. The first-order valence-corrected chi connectivity index (χ1v) is 16.8. The van der Waals surface area contributed by atoms with E-state index in [1.54, 1.807) is 29.2 Å². The number of hydrogen-bond donors (Lipinski definition) is 1.